The van der Waals surface area contributed by atoms with Crippen molar-refractivity contribution in [2.24, 2.45) is 5.73 Å². The molecule has 9 N–H and O–H groups in total. The Labute approximate surface area is 290 Å². The minimum absolute atomic E-state index is 0. The molecule has 0 aliphatic heterocycles. The quantitative estimate of drug-likeness (QED) is 0.0511. The van der Waals surface area contributed by atoms with Crippen LogP contribution in [0.1, 0.15) is 48.3 Å². The largest absolute Gasteiger partial charge is 0.490 e. The van der Waals surface area contributed by atoms with Gasteiger partial charge in [-0.05, 0) is 55.3 Å². The van der Waals surface area contributed by atoms with Gasteiger partial charge in [-0.2, -0.15) is 13.2 Å². The van der Waals surface area contributed by atoms with Gasteiger partial charge in [0.1, 0.15) is 18.2 Å². The number of carboxylic acids is 1. The van der Waals surface area contributed by atoms with E-state index in [0.29, 0.717) is 22.4 Å². The number of alkyl halides is 3. The Morgan fingerprint density at radius 1 is 0.941 bits per heavy atom. The Balaban J connectivity index is 0.00000102. The van der Waals surface area contributed by atoms with Crippen LogP contribution in [0.15, 0.2) is 77.7 Å². The summed E-state index contributed by atoms with van der Waals surface area (Å²) in [6, 6.07) is 17.2. The second kappa shape index (κ2) is 17.9. The number of rotatable bonds is 11. The lowest BCUT2D eigenvalue weighted by molar-refractivity contribution is -0.192. The highest BCUT2D eigenvalue weighted by Crippen LogP contribution is 2.24. The van der Waals surface area contributed by atoms with Crippen LogP contribution in [0, 0.1) is 11.2 Å². The van der Waals surface area contributed by atoms with Crippen LogP contribution in [-0.4, -0.2) is 50.5 Å². The van der Waals surface area contributed by atoms with E-state index in [1.165, 1.54) is 29.0 Å². The fraction of sp³-hybridized carbons (Fsp3) is 0.235. The second-order valence-electron chi connectivity index (χ2n) is 11.0. The van der Waals surface area contributed by atoms with Crippen molar-refractivity contribution in [3.05, 3.63) is 111 Å². The van der Waals surface area contributed by atoms with E-state index in [2.05, 4.69) is 20.9 Å². The summed E-state index contributed by atoms with van der Waals surface area (Å²) >= 11 is 0. The van der Waals surface area contributed by atoms with E-state index in [1.807, 2.05) is 13.8 Å². The Bertz CT molecular complexity index is 1910. The van der Waals surface area contributed by atoms with Crippen LogP contribution in [0.5, 0.6) is 0 Å². The summed E-state index contributed by atoms with van der Waals surface area (Å²) < 4.78 is 46.2. The monoisotopic (exact) mass is 714 g/mol. The zero-order valence-corrected chi connectivity index (χ0v) is 26.8. The number of carboxylic acid groups (broad SMARTS) is 1. The Morgan fingerprint density at radius 2 is 1.49 bits per heavy atom. The number of anilines is 2. The predicted molar refractivity (Wildman–Crippen MR) is 184 cm³/mol. The van der Waals surface area contributed by atoms with Gasteiger partial charge in [-0.25, -0.2) is 14.2 Å². The average molecular weight is 715 g/mol. The number of hydrogen-bond acceptors (Lipinski definition) is 8. The van der Waals surface area contributed by atoms with Gasteiger partial charge < -0.3 is 32.5 Å². The number of aromatic nitrogens is 2. The number of carbonyl (C=O) groups is 3. The van der Waals surface area contributed by atoms with Gasteiger partial charge in [0.15, 0.2) is 5.82 Å². The molecule has 0 unspecified atom stereocenters. The molecule has 51 heavy (non-hydrogen) atoms. The molecule has 0 spiro atoms. The van der Waals surface area contributed by atoms with Gasteiger partial charge in [0.25, 0.3) is 11.5 Å². The first-order valence-electron chi connectivity index (χ1n) is 14.7. The molecule has 0 radical (unpaired) electrons. The molecule has 0 fully saturated rings. The minimum atomic E-state index is -5.08. The standard InChI is InChI=1S/C31H33FN8O3.C2HF3O2.CH4/c1-18(2)39-29-31(43)40(17-27(41)36-14-19-3-7-21(8-4-19)28(34)35)26(16-37-29)22-11-23(13-25(33)12-22)30(42)38-15-20-5-9-24(32)10-6-20;3-2(4,5)1(6)7;/h3-13,16,18H,14-15,17,33H2,1-2H3,(H3,34,35)(H,36,41)(H,37,39)(H,38,42);(H,6,7);1H4. The number of nitrogen functional groups attached to an aromatic ring is 2. The topological polar surface area (TPSA) is 218 Å². The zero-order valence-electron chi connectivity index (χ0n) is 26.8. The number of amidine groups is 1. The van der Waals surface area contributed by atoms with Crippen molar-refractivity contribution in [3.8, 4) is 11.3 Å². The van der Waals surface area contributed by atoms with Crippen LogP contribution < -0.4 is 33.0 Å². The summed E-state index contributed by atoms with van der Waals surface area (Å²) in [6.45, 7) is 3.76. The number of carbonyl (C=O) groups excluding carboxylic acids is 2. The van der Waals surface area contributed by atoms with Gasteiger partial charge in [0.2, 0.25) is 5.91 Å². The molecule has 0 saturated carbocycles. The summed E-state index contributed by atoms with van der Waals surface area (Å²) in [4.78, 5) is 52.7. The number of nitrogens with zero attached hydrogens (tertiary/aromatic N) is 2. The van der Waals surface area contributed by atoms with Crippen LogP contribution in [0.4, 0.5) is 29.1 Å². The lowest BCUT2D eigenvalue weighted by atomic mass is 10.1. The van der Waals surface area contributed by atoms with Gasteiger partial charge in [0.05, 0.1) is 11.9 Å². The first kappa shape index (κ1) is 40.9. The van der Waals surface area contributed by atoms with E-state index < -0.39 is 29.5 Å². The Kier molecular flexibility index (Phi) is 14.4. The van der Waals surface area contributed by atoms with Crippen molar-refractivity contribution in [1.82, 2.24) is 20.2 Å². The van der Waals surface area contributed by atoms with Crippen LogP contribution in [0.2, 0.25) is 0 Å². The van der Waals surface area contributed by atoms with Crippen LogP contribution in [0.25, 0.3) is 11.3 Å². The van der Waals surface area contributed by atoms with E-state index >= 15 is 0 Å². The highest BCUT2D eigenvalue weighted by atomic mass is 19.4. The highest BCUT2D eigenvalue weighted by molar-refractivity contribution is 5.96. The first-order valence-corrected chi connectivity index (χ1v) is 14.7. The third-order valence-electron chi connectivity index (χ3n) is 6.66. The van der Waals surface area contributed by atoms with Crippen LogP contribution in [-0.2, 0) is 29.2 Å². The maximum absolute atomic E-state index is 13.5. The van der Waals surface area contributed by atoms with E-state index in [0.717, 1.165) is 5.56 Å². The predicted octanol–water partition coefficient (Wildman–Crippen LogP) is 4.25. The zero-order chi connectivity index (χ0) is 37.2. The smallest absolute Gasteiger partial charge is 0.475 e. The molecule has 0 atom stereocenters. The minimum Gasteiger partial charge on any atom is -0.475 e. The lowest BCUT2D eigenvalue weighted by Gasteiger charge is -2.17. The molecule has 0 aliphatic carbocycles. The van der Waals surface area contributed by atoms with Crippen molar-refractivity contribution in [2.45, 2.75) is 53.1 Å². The molecule has 4 aromatic rings. The van der Waals surface area contributed by atoms with E-state index in [-0.39, 0.29) is 61.8 Å². The van der Waals surface area contributed by atoms with E-state index in [9.17, 15) is 31.9 Å². The van der Waals surface area contributed by atoms with Crippen molar-refractivity contribution in [1.29, 1.82) is 5.41 Å². The summed E-state index contributed by atoms with van der Waals surface area (Å²) in [7, 11) is 0. The third-order valence-corrected chi connectivity index (χ3v) is 6.66. The molecule has 272 valence electrons. The number of benzene rings is 3. The molecule has 3 aromatic carbocycles. The number of amides is 2. The maximum Gasteiger partial charge on any atom is 0.490 e. The molecule has 0 saturated heterocycles. The van der Waals surface area contributed by atoms with Crippen LogP contribution in [0.3, 0.4) is 0 Å². The highest BCUT2D eigenvalue weighted by Gasteiger charge is 2.38. The Hall–Kier alpha value is -6.26. The maximum atomic E-state index is 13.5. The lowest BCUT2D eigenvalue weighted by Crippen LogP contribution is -2.35. The van der Waals surface area contributed by atoms with Gasteiger partial charge >= 0.3 is 12.1 Å². The fourth-order valence-corrected chi connectivity index (χ4v) is 4.27. The number of aliphatic carboxylic acids is 1. The molecular weight excluding hydrogens is 676 g/mol. The normalized spacial score (nSPS) is 10.6. The number of nitrogens with one attached hydrogen (secondary N) is 4. The molecule has 0 aliphatic rings. The molecule has 1 heterocycles. The van der Waals surface area contributed by atoms with Gasteiger partial charge in [-0.3, -0.25) is 24.4 Å². The number of nitrogens with two attached hydrogens (primary N) is 2. The summed E-state index contributed by atoms with van der Waals surface area (Å²) in [5, 5.41) is 23.2. The summed E-state index contributed by atoms with van der Waals surface area (Å²) in [5.41, 5.74) is 14.4. The van der Waals surface area contributed by atoms with Gasteiger partial charge in [-0.1, -0.05) is 43.8 Å². The number of halogens is 4. The van der Waals surface area contributed by atoms with Crippen molar-refractivity contribution < 1.29 is 37.1 Å². The van der Waals surface area contributed by atoms with Gasteiger partial charge in [0, 0.05) is 41.5 Å². The summed E-state index contributed by atoms with van der Waals surface area (Å²) in [6.07, 6.45) is -3.63. The molecule has 0 bridgehead atoms. The third kappa shape index (κ3) is 12.3. The second-order valence-corrected chi connectivity index (χ2v) is 11.0. The SMILES string of the molecule is C.CC(C)Nc1ncc(-c2cc(N)cc(C(=O)NCc3ccc(F)cc3)c2)n(CC(=O)NCc2ccc(C(=N)N)cc2)c1=O.O=C(O)C(F)(F)F. The van der Waals surface area contributed by atoms with Crippen LogP contribution >= 0.6 is 0 Å². The Morgan fingerprint density at radius 3 is 2.02 bits per heavy atom. The summed E-state index contributed by atoms with van der Waals surface area (Å²) in [5.74, 6) is -3.96. The fourth-order valence-electron chi connectivity index (χ4n) is 4.27. The van der Waals surface area contributed by atoms with E-state index in [1.54, 1.807) is 48.5 Å². The molecule has 4 rings (SSSR count). The molecule has 13 nitrogen and oxygen atoms in total. The number of hydrogen-bond donors (Lipinski definition) is 7. The first-order chi connectivity index (χ1) is 23.4. The van der Waals surface area contributed by atoms with Crippen molar-refractivity contribution in [3.63, 3.8) is 0 Å². The molecule has 2 amide bonds. The van der Waals surface area contributed by atoms with Crippen molar-refractivity contribution >= 4 is 35.1 Å². The molecule has 1 aromatic heterocycles. The molecule has 17 heteroatoms. The average Bonchev–Trinajstić information content (AvgIpc) is 3.04. The van der Waals surface area contributed by atoms with E-state index in [4.69, 9.17) is 26.8 Å². The molecular formula is C34H38F4N8O5. The van der Waals surface area contributed by atoms with Gasteiger partial charge in [-0.15, -0.1) is 0 Å². The van der Waals surface area contributed by atoms with Crippen molar-refractivity contribution in [2.75, 3.05) is 11.1 Å².